The van der Waals surface area contributed by atoms with Gasteiger partial charge in [0.1, 0.15) is 10.9 Å². The second-order valence-corrected chi connectivity index (χ2v) is 8.79. The van der Waals surface area contributed by atoms with Gasteiger partial charge in [0, 0.05) is 34.8 Å². The minimum Gasteiger partial charge on any atom is -0.494 e. The molecule has 0 aromatic carbocycles. The highest BCUT2D eigenvalue weighted by Crippen LogP contribution is 2.34. The number of anilines is 1. The highest BCUT2D eigenvalue weighted by Gasteiger charge is 2.20. The van der Waals surface area contributed by atoms with Crippen LogP contribution in [0.1, 0.15) is 22.6 Å². The fourth-order valence-electron chi connectivity index (χ4n) is 3.41. The van der Waals surface area contributed by atoms with Crippen molar-refractivity contribution in [1.29, 1.82) is 0 Å². The van der Waals surface area contributed by atoms with E-state index < -0.39 is 12.5 Å². The van der Waals surface area contributed by atoms with E-state index in [4.69, 9.17) is 16.3 Å². The van der Waals surface area contributed by atoms with E-state index in [0.717, 1.165) is 11.3 Å². The van der Waals surface area contributed by atoms with Gasteiger partial charge in [-0.1, -0.05) is 22.9 Å². The molecule has 5 aromatic heterocycles. The van der Waals surface area contributed by atoms with Crippen molar-refractivity contribution < 1.29 is 18.3 Å². The van der Waals surface area contributed by atoms with E-state index in [9.17, 15) is 13.6 Å². The number of aromatic nitrogens is 7. The molecular weight excluding hydrogens is 514 g/mol. The van der Waals surface area contributed by atoms with Crippen molar-refractivity contribution in [2.45, 2.75) is 13.5 Å². The molecule has 0 aliphatic carbocycles. The Balaban J connectivity index is 1.46. The summed E-state index contributed by atoms with van der Waals surface area (Å²) >= 11 is 7.19. The summed E-state index contributed by atoms with van der Waals surface area (Å²) in [4.78, 5) is 34.9. The maximum Gasteiger partial charge on any atom is 0.333 e. The molecule has 0 radical (unpaired) electrons. The molecule has 1 N–H and O–H groups in total. The molecule has 1 amide bonds. The quantitative estimate of drug-likeness (QED) is 0.305. The minimum absolute atomic E-state index is 0.241. The number of pyridine rings is 2. The van der Waals surface area contributed by atoms with Crippen LogP contribution in [-0.2, 0) is 0 Å². The van der Waals surface area contributed by atoms with Crippen molar-refractivity contribution in [3.8, 4) is 28.1 Å². The summed E-state index contributed by atoms with van der Waals surface area (Å²) in [5.41, 5.74) is 3.11. The molecule has 0 aliphatic heterocycles. The molecule has 5 heterocycles. The van der Waals surface area contributed by atoms with E-state index in [2.05, 4.69) is 35.3 Å². The number of thiazole rings is 1. The van der Waals surface area contributed by atoms with Crippen molar-refractivity contribution in [2.24, 2.45) is 0 Å². The van der Waals surface area contributed by atoms with Gasteiger partial charge in [0.2, 0.25) is 0 Å². The first-order valence-corrected chi connectivity index (χ1v) is 11.5. The maximum absolute atomic E-state index is 13.2. The molecule has 5 aromatic rings. The van der Waals surface area contributed by atoms with Gasteiger partial charge in [0.25, 0.3) is 5.91 Å². The number of hydrogen-bond acceptors (Lipinski definition) is 9. The van der Waals surface area contributed by atoms with E-state index in [0.29, 0.717) is 49.0 Å². The summed E-state index contributed by atoms with van der Waals surface area (Å²) in [5.74, 6) is -0.0277. The highest BCUT2D eigenvalue weighted by atomic mass is 35.5. The van der Waals surface area contributed by atoms with E-state index in [1.807, 2.05) is 0 Å². The summed E-state index contributed by atoms with van der Waals surface area (Å²) in [5, 5.41) is 6.85. The Bertz CT molecular complexity index is 1610. The van der Waals surface area contributed by atoms with Gasteiger partial charge >= 0.3 is 6.55 Å². The van der Waals surface area contributed by atoms with Gasteiger partial charge in [0.15, 0.2) is 15.6 Å². The Labute approximate surface area is 211 Å². The lowest BCUT2D eigenvalue weighted by molar-refractivity contribution is 0.0566. The fourth-order valence-corrected chi connectivity index (χ4v) is 4.36. The standard InChI is InChI=1S/C22H15ClF2N8O2S/c1-10-3-12(13-4-17(23)27-8-16(13)35-2)14(6-26-10)19(34)32-22-31-18-20(36-22)30-15(7-28-18)11-5-29-33(9-11)21(24)25/h3-9,21H,1-2H3,(H,28,31,32,34). The number of amides is 1. The Hall–Kier alpha value is -4.10. The molecule has 0 saturated carbocycles. The van der Waals surface area contributed by atoms with Gasteiger partial charge < -0.3 is 4.74 Å². The topological polar surface area (TPSA) is 121 Å². The molecule has 0 atom stereocenters. The lowest BCUT2D eigenvalue weighted by atomic mass is 10.0. The normalized spacial score (nSPS) is 11.3. The summed E-state index contributed by atoms with van der Waals surface area (Å²) < 4.78 is 31.6. The van der Waals surface area contributed by atoms with Crippen molar-refractivity contribution >= 4 is 44.5 Å². The first-order chi connectivity index (χ1) is 17.3. The number of fused-ring (bicyclic) bond motifs is 1. The summed E-state index contributed by atoms with van der Waals surface area (Å²) in [6, 6.07) is 3.35. The van der Waals surface area contributed by atoms with Gasteiger partial charge in [-0.05, 0) is 19.1 Å². The number of alkyl halides is 2. The summed E-state index contributed by atoms with van der Waals surface area (Å²) in [6.07, 6.45) is 6.79. The zero-order chi connectivity index (χ0) is 25.4. The molecule has 0 aliphatic rings. The van der Waals surface area contributed by atoms with Gasteiger partial charge in [-0.3, -0.25) is 15.1 Å². The van der Waals surface area contributed by atoms with Crippen LogP contribution in [0.25, 0.3) is 32.9 Å². The number of carbonyl (C=O) groups excluding carboxylic acids is 1. The Morgan fingerprint density at radius 3 is 2.69 bits per heavy atom. The Kier molecular flexibility index (Phi) is 6.24. The van der Waals surface area contributed by atoms with Crippen LogP contribution >= 0.6 is 22.9 Å². The van der Waals surface area contributed by atoms with E-state index in [1.165, 1.54) is 38.1 Å². The molecule has 14 heteroatoms. The Morgan fingerprint density at radius 2 is 1.94 bits per heavy atom. The zero-order valence-electron chi connectivity index (χ0n) is 18.6. The highest BCUT2D eigenvalue weighted by molar-refractivity contribution is 7.21. The molecular formula is C22H15ClF2N8O2S. The third kappa shape index (κ3) is 4.57. The zero-order valence-corrected chi connectivity index (χ0v) is 20.2. The second-order valence-electron chi connectivity index (χ2n) is 7.42. The number of methoxy groups -OCH3 is 1. The minimum atomic E-state index is -2.76. The molecule has 36 heavy (non-hydrogen) atoms. The van der Waals surface area contributed by atoms with Crippen LogP contribution in [0.15, 0.2) is 43.1 Å². The second kappa shape index (κ2) is 9.51. The number of rotatable bonds is 6. The average molecular weight is 529 g/mol. The van der Waals surface area contributed by atoms with Crippen LogP contribution in [0.2, 0.25) is 5.15 Å². The summed E-state index contributed by atoms with van der Waals surface area (Å²) in [6.45, 7) is -0.960. The molecule has 0 bridgehead atoms. The number of carbonyl (C=O) groups is 1. The van der Waals surface area contributed by atoms with Crippen molar-refractivity contribution in [2.75, 3.05) is 12.4 Å². The van der Waals surface area contributed by atoms with E-state index in [-0.39, 0.29) is 15.8 Å². The van der Waals surface area contributed by atoms with Crippen LogP contribution in [-0.4, -0.2) is 47.7 Å². The van der Waals surface area contributed by atoms with Crippen LogP contribution in [0.3, 0.4) is 0 Å². The van der Waals surface area contributed by atoms with Crippen molar-refractivity contribution in [3.63, 3.8) is 0 Å². The molecule has 0 fully saturated rings. The number of hydrogen-bond donors (Lipinski definition) is 1. The van der Waals surface area contributed by atoms with Gasteiger partial charge in [-0.15, -0.1) is 0 Å². The molecule has 182 valence electrons. The van der Waals surface area contributed by atoms with Gasteiger partial charge in [-0.25, -0.2) is 19.6 Å². The first-order valence-electron chi connectivity index (χ1n) is 10.3. The van der Waals surface area contributed by atoms with Gasteiger partial charge in [-0.2, -0.15) is 18.9 Å². The van der Waals surface area contributed by atoms with Crippen LogP contribution in [0.5, 0.6) is 5.75 Å². The smallest absolute Gasteiger partial charge is 0.333 e. The third-order valence-electron chi connectivity index (χ3n) is 5.07. The number of aryl methyl sites for hydroxylation is 1. The van der Waals surface area contributed by atoms with Crippen LogP contribution in [0.4, 0.5) is 13.9 Å². The van der Waals surface area contributed by atoms with Crippen LogP contribution in [0, 0.1) is 6.92 Å². The van der Waals surface area contributed by atoms with E-state index in [1.54, 1.807) is 19.1 Å². The van der Waals surface area contributed by atoms with E-state index >= 15 is 0 Å². The van der Waals surface area contributed by atoms with Crippen molar-refractivity contribution in [3.05, 3.63) is 59.5 Å². The number of ether oxygens (including phenoxy) is 1. The van der Waals surface area contributed by atoms with Gasteiger partial charge in [0.05, 0.1) is 37.0 Å². The monoisotopic (exact) mass is 528 g/mol. The number of halogens is 3. The fraction of sp³-hybridized carbons (Fsp3) is 0.136. The summed E-state index contributed by atoms with van der Waals surface area (Å²) in [7, 11) is 1.50. The molecule has 0 spiro atoms. The third-order valence-corrected chi connectivity index (χ3v) is 6.13. The SMILES string of the molecule is COc1cnc(Cl)cc1-c1cc(C)ncc1C(=O)Nc1nc2ncc(-c3cnn(C(F)F)c3)nc2s1. The average Bonchev–Trinajstić information content (AvgIpc) is 3.50. The largest absolute Gasteiger partial charge is 0.494 e. The van der Waals surface area contributed by atoms with Crippen LogP contribution < -0.4 is 10.1 Å². The van der Waals surface area contributed by atoms with Crippen molar-refractivity contribution in [1.82, 2.24) is 34.7 Å². The molecule has 0 unspecified atom stereocenters. The Morgan fingerprint density at radius 1 is 1.11 bits per heavy atom. The molecule has 5 rings (SSSR count). The lowest BCUT2D eigenvalue weighted by Gasteiger charge is -2.13. The predicted octanol–water partition coefficient (Wildman–Crippen LogP) is 5.02. The first kappa shape index (κ1) is 23.6. The number of nitrogens with one attached hydrogen (secondary N) is 1. The lowest BCUT2D eigenvalue weighted by Crippen LogP contribution is -2.14. The maximum atomic E-state index is 13.2. The molecule has 10 nitrogen and oxygen atoms in total. The molecule has 0 saturated heterocycles. The predicted molar refractivity (Wildman–Crippen MR) is 129 cm³/mol. The number of nitrogens with zero attached hydrogens (tertiary/aromatic N) is 7.